The molecule has 2 heterocycles. The number of methoxy groups -OCH3 is 2. The highest BCUT2D eigenvalue weighted by Gasteiger charge is 2.60. The lowest BCUT2D eigenvalue weighted by atomic mass is 9.74. The Labute approximate surface area is 195 Å². The summed E-state index contributed by atoms with van der Waals surface area (Å²) in [5.74, 6) is 0.737. The van der Waals surface area contributed by atoms with E-state index in [9.17, 15) is 9.59 Å². The lowest BCUT2D eigenvalue weighted by Crippen LogP contribution is -2.55. The minimum absolute atomic E-state index is 0.114. The van der Waals surface area contributed by atoms with E-state index in [4.69, 9.17) is 35.3 Å². The van der Waals surface area contributed by atoms with Gasteiger partial charge >= 0.3 is 0 Å². The zero-order valence-corrected chi connectivity index (χ0v) is 19.1. The van der Waals surface area contributed by atoms with Crippen LogP contribution in [0.15, 0.2) is 36.0 Å². The van der Waals surface area contributed by atoms with Crippen LogP contribution in [0, 0.1) is 5.92 Å². The average molecular weight is 472 g/mol. The summed E-state index contributed by atoms with van der Waals surface area (Å²) >= 11 is 6.42. The van der Waals surface area contributed by atoms with Gasteiger partial charge in [0.1, 0.15) is 22.1 Å². The Balaban J connectivity index is 1.41. The predicted molar refractivity (Wildman–Crippen MR) is 119 cm³/mol. The van der Waals surface area contributed by atoms with Crippen LogP contribution >= 0.6 is 11.6 Å². The van der Waals surface area contributed by atoms with Gasteiger partial charge in [-0.1, -0.05) is 24.6 Å². The smallest absolute Gasteiger partial charge is 0.236 e. The first-order chi connectivity index (χ1) is 15.9. The molecule has 8 nitrogen and oxygen atoms in total. The van der Waals surface area contributed by atoms with E-state index < -0.39 is 23.1 Å². The molecule has 2 aliphatic heterocycles. The Kier molecular flexibility index (Phi) is 5.12. The van der Waals surface area contributed by atoms with Gasteiger partial charge in [0.15, 0.2) is 17.2 Å². The number of halogens is 1. The van der Waals surface area contributed by atoms with Gasteiger partial charge in [-0.15, -0.1) is 0 Å². The molecule has 2 atom stereocenters. The molecule has 0 amide bonds. The van der Waals surface area contributed by atoms with Crippen LogP contribution in [0.4, 0.5) is 0 Å². The highest BCUT2D eigenvalue weighted by molar-refractivity contribution is 6.36. The molecular weight excluding hydrogens is 450 g/mol. The highest BCUT2D eigenvalue weighted by Crippen LogP contribution is 2.52. The van der Waals surface area contributed by atoms with Gasteiger partial charge < -0.3 is 29.0 Å². The Morgan fingerprint density at radius 2 is 1.88 bits per heavy atom. The number of hydrogen-bond acceptors (Lipinski definition) is 8. The number of hydrogen-bond donors (Lipinski definition) is 1. The molecule has 2 aromatic rings. The maximum atomic E-state index is 13.5. The minimum Gasteiger partial charge on any atom is -0.496 e. The fourth-order valence-corrected chi connectivity index (χ4v) is 4.78. The number of nitrogens with one attached hydrogen (secondary N) is 1. The normalized spacial score (nSPS) is 22.7. The summed E-state index contributed by atoms with van der Waals surface area (Å²) in [6.07, 6.45) is 1.88. The molecule has 2 aromatic carbocycles. The number of ketones is 2. The molecule has 5 rings (SSSR count). The number of benzene rings is 2. The SMILES string of the molecule is COc1cc(OC)c2c(c1Cl)O[C@@]1(C(=O)C=C(NCc3ccc4c(c3)OCO4)C[C@H]1C)C2=O. The van der Waals surface area contributed by atoms with E-state index in [-0.39, 0.29) is 28.9 Å². The van der Waals surface area contributed by atoms with Crippen molar-refractivity contribution in [1.29, 1.82) is 0 Å². The summed E-state index contributed by atoms with van der Waals surface area (Å²) in [4.78, 5) is 26.9. The van der Waals surface area contributed by atoms with Crippen LogP contribution in [0.5, 0.6) is 28.7 Å². The van der Waals surface area contributed by atoms with Gasteiger partial charge in [-0.05, 0) is 24.1 Å². The van der Waals surface area contributed by atoms with Crippen molar-refractivity contribution in [3.05, 3.63) is 52.2 Å². The monoisotopic (exact) mass is 471 g/mol. The molecule has 0 unspecified atom stereocenters. The summed E-state index contributed by atoms with van der Waals surface area (Å²) in [7, 11) is 2.89. The van der Waals surface area contributed by atoms with Crippen molar-refractivity contribution in [1.82, 2.24) is 5.32 Å². The van der Waals surface area contributed by atoms with Crippen LogP contribution in [-0.2, 0) is 11.3 Å². The number of Topliss-reactive ketones (excluding diaryl/α,β-unsaturated/α-hetero) is 1. The summed E-state index contributed by atoms with van der Waals surface area (Å²) in [5, 5.41) is 3.42. The second kappa shape index (κ2) is 7.88. The Bertz CT molecular complexity index is 1210. The van der Waals surface area contributed by atoms with Crippen LogP contribution in [0.3, 0.4) is 0 Å². The number of carbonyl (C=O) groups is 2. The van der Waals surface area contributed by atoms with E-state index >= 15 is 0 Å². The number of carbonyl (C=O) groups excluding carboxylic acids is 2. The lowest BCUT2D eigenvalue weighted by molar-refractivity contribution is -0.129. The molecule has 3 aliphatic rings. The molecule has 1 spiro atoms. The van der Waals surface area contributed by atoms with Crippen LogP contribution in [-0.4, -0.2) is 38.2 Å². The first-order valence-electron chi connectivity index (χ1n) is 10.4. The summed E-state index contributed by atoms with van der Waals surface area (Å²) < 4.78 is 27.4. The molecule has 1 N–H and O–H groups in total. The Morgan fingerprint density at radius 3 is 2.61 bits per heavy atom. The standard InChI is InChI=1S/C24H22ClNO7/c1-12-6-14(26-10-13-4-5-15-16(7-13)32-11-31-15)8-19(27)24(12)23(28)20-17(29-2)9-18(30-3)21(25)22(20)33-24/h4-5,7-9,12,26H,6,10-11H2,1-3H3/t12-,24+/m1/s1. The fraction of sp³-hybridized carbons (Fsp3) is 0.333. The van der Waals surface area contributed by atoms with Crippen molar-refractivity contribution in [3.8, 4) is 28.7 Å². The topological polar surface area (TPSA) is 92.3 Å². The van der Waals surface area contributed by atoms with Gasteiger partial charge in [0.2, 0.25) is 24.0 Å². The molecule has 1 aliphatic carbocycles. The second-order valence-electron chi connectivity index (χ2n) is 8.15. The molecule has 0 fully saturated rings. The molecule has 172 valence electrons. The van der Waals surface area contributed by atoms with E-state index in [0.29, 0.717) is 30.2 Å². The average Bonchev–Trinajstić information content (AvgIpc) is 3.40. The van der Waals surface area contributed by atoms with E-state index in [0.717, 1.165) is 11.3 Å². The Hall–Kier alpha value is -3.39. The quantitative estimate of drug-likeness (QED) is 0.660. The summed E-state index contributed by atoms with van der Waals surface area (Å²) in [6.45, 7) is 2.51. The zero-order valence-electron chi connectivity index (χ0n) is 18.3. The molecule has 0 aromatic heterocycles. The first kappa shape index (κ1) is 21.5. The van der Waals surface area contributed by atoms with Crippen molar-refractivity contribution in [2.24, 2.45) is 5.92 Å². The number of rotatable bonds is 5. The zero-order chi connectivity index (χ0) is 23.3. The van der Waals surface area contributed by atoms with E-state index in [1.54, 1.807) is 0 Å². The van der Waals surface area contributed by atoms with Crippen LogP contribution < -0.4 is 29.0 Å². The molecule has 9 heteroatoms. The third-order valence-electron chi connectivity index (χ3n) is 6.27. The van der Waals surface area contributed by atoms with Crippen LogP contribution in [0.25, 0.3) is 0 Å². The third kappa shape index (κ3) is 3.20. The van der Waals surface area contributed by atoms with Gasteiger partial charge in [0, 0.05) is 30.3 Å². The molecular formula is C24H22ClNO7. The molecule has 33 heavy (non-hydrogen) atoms. The van der Waals surface area contributed by atoms with Gasteiger partial charge in [-0.2, -0.15) is 0 Å². The fourth-order valence-electron chi connectivity index (χ4n) is 4.52. The van der Waals surface area contributed by atoms with Crippen LogP contribution in [0.1, 0.15) is 29.3 Å². The van der Waals surface area contributed by atoms with E-state index in [1.807, 2.05) is 25.1 Å². The third-order valence-corrected chi connectivity index (χ3v) is 6.62. The molecule has 0 saturated heterocycles. The van der Waals surface area contributed by atoms with Gasteiger partial charge in [-0.3, -0.25) is 9.59 Å². The number of ether oxygens (including phenoxy) is 5. The number of fused-ring (bicyclic) bond motifs is 2. The predicted octanol–water partition coefficient (Wildman–Crippen LogP) is 3.68. The van der Waals surface area contributed by atoms with Crippen molar-refractivity contribution >= 4 is 23.2 Å². The van der Waals surface area contributed by atoms with Gasteiger partial charge in [0.25, 0.3) is 0 Å². The number of allylic oxidation sites excluding steroid dienone is 1. The van der Waals surface area contributed by atoms with Crippen LogP contribution in [0.2, 0.25) is 5.02 Å². The van der Waals surface area contributed by atoms with Crippen molar-refractivity contribution < 1.29 is 33.3 Å². The lowest BCUT2D eigenvalue weighted by Gasteiger charge is -2.35. The highest BCUT2D eigenvalue weighted by atomic mass is 35.5. The minimum atomic E-state index is -1.68. The summed E-state index contributed by atoms with van der Waals surface area (Å²) in [5.41, 5.74) is 0.174. The van der Waals surface area contributed by atoms with Crippen molar-refractivity contribution in [2.45, 2.75) is 25.5 Å². The van der Waals surface area contributed by atoms with E-state index in [2.05, 4.69) is 5.32 Å². The maximum Gasteiger partial charge on any atom is 0.236 e. The Morgan fingerprint density at radius 1 is 1.12 bits per heavy atom. The van der Waals surface area contributed by atoms with Gasteiger partial charge in [0.05, 0.1) is 14.2 Å². The molecule has 0 bridgehead atoms. The first-order valence-corrected chi connectivity index (χ1v) is 10.8. The second-order valence-corrected chi connectivity index (χ2v) is 8.52. The van der Waals surface area contributed by atoms with Gasteiger partial charge in [-0.25, -0.2) is 0 Å². The molecule has 0 saturated carbocycles. The van der Waals surface area contributed by atoms with Crippen molar-refractivity contribution in [2.75, 3.05) is 21.0 Å². The van der Waals surface area contributed by atoms with Crippen molar-refractivity contribution in [3.63, 3.8) is 0 Å². The van der Waals surface area contributed by atoms with E-state index in [1.165, 1.54) is 26.4 Å². The largest absolute Gasteiger partial charge is 0.496 e. The summed E-state index contributed by atoms with van der Waals surface area (Å²) in [6, 6.07) is 7.20. The maximum absolute atomic E-state index is 13.5. The molecule has 0 radical (unpaired) electrons.